The van der Waals surface area contributed by atoms with Gasteiger partial charge in [0.2, 0.25) is 0 Å². The second-order valence-electron chi connectivity index (χ2n) is 3.44. The fourth-order valence-electron chi connectivity index (χ4n) is 1.74. The lowest BCUT2D eigenvalue weighted by molar-refractivity contribution is -0.151. The number of nitrogens with zero attached hydrogens (tertiary/aromatic N) is 2. The van der Waals surface area contributed by atoms with Crippen molar-refractivity contribution < 1.29 is 9.53 Å². The number of carbonyl (C=O) groups excluding carboxylic acids is 1. The first-order chi connectivity index (χ1) is 5.14. The molecule has 0 N–H and O–H groups in total. The molecule has 11 heavy (non-hydrogen) atoms. The van der Waals surface area contributed by atoms with Gasteiger partial charge in [-0.2, -0.15) is 0 Å². The van der Waals surface area contributed by atoms with Crippen LogP contribution in [0, 0.1) is 0 Å². The number of rotatable bonds is 0. The molecule has 0 aliphatic carbocycles. The minimum absolute atomic E-state index is 0.135. The van der Waals surface area contributed by atoms with Crippen LogP contribution in [0.15, 0.2) is 0 Å². The summed E-state index contributed by atoms with van der Waals surface area (Å²) in [6.07, 6.45) is 0. The zero-order valence-corrected chi connectivity index (χ0v) is 6.83. The molecule has 62 valence electrons. The third kappa shape index (κ3) is 0.795. The predicted molar refractivity (Wildman–Crippen MR) is 39.0 cm³/mol. The molecule has 2 saturated heterocycles. The van der Waals surface area contributed by atoms with E-state index in [0.29, 0.717) is 6.73 Å². The number of likely N-dealkylation sites (N-methyl/N-ethyl adjacent to an activating group) is 2. The summed E-state index contributed by atoms with van der Waals surface area (Å²) in [6, 6.07) is 0. The summed E-state index contributed by atoms with van der Waals surface area (Å²) in [6.45, 7) is 1.94. The standard InChI is InChI=1S/C7H12N2O2/c1-8-3-7(4-8)6(10)9(2)5-11-7/h3-5H2,1-2H3. The van der Waals surface area contributed by atoms with Crippen LogP contribution in [0.3, 0.4) is 0 Å². The van der Waals surface area contributed by atoms with E-state index in [9.17, 15) is 4.79 Å². The van der Waals surface area contributed by atoms with Crippen molar-refractivity contribution >= 4 is 5.91 Å². The average molecular weight is 156 g/mol. The van der Waals surface area contributed by atoms with Gasteiger partial charge in [-0.15, -0.1) is 0 Å². The van der Waals surface area contributed by atoms with Crippen LogP contribution in [0.5, 0.6) is 0 Å². The molecular weight excluding hydrogens is 144 g/mol. The lowest BCUT2D eigenvalue weighted by atomic mass is 9.94. The molecule has 4 nitrogen and oxygen atoms in total. The van der Waals surface area contributed by atoms with Crippen molar-refractivity contribution in [3.8, 4) is 0 Å². The summed E-state index contributed by atoms with van der Waals surface area (Å²) in [5.41, 5.74) is -0.469. The second-order valence-corrected chi connectivity index (χ2v) is 3.44. The minimum Gasteiger partial charge on any atom is -0.342 e. The normalized spacial score (nSPS) is 29.6. The van der Waals surface area contributed by atoms with E-state index in [2.05, 4.69) is 4.90 Å². The largest absolute Gasteiger partial charge is 0.342 e. The third-order valence-electron chi connectivity index (χ3n) is 2.32. The molecule has 2 aliphatic heterocycles. The average Bonchev–Trinajstić information content (AvgIpc) is 2.16. The maximum atomic E-state index is 11.4. The highest BCUT2D eigenvalue weighted by Crippen LogP contribution is 2.30. The van der Waals surface area contributed by atoms with Crippen molar-refractivity contribution in [2.45, 2.75) is 5.60 Å². The highest BCUT2D eigenvalue weighted by molar-refractivity contribution is 5.88. The Morgan fingerprint density at radius 3 is 2.45 bits per heavy atom. The topological polar surface area (TPSA) is 32.8 Å². The molecule has 0 aromatic heterocycles. The Bertz CT molecular complexity index is 193. The molecule has 1 amide bonds. The van der Waals surface area contributed by atoms with Gasteiger partial charge >= 0.3 is 0 Å². The Kier molecular flexibility index (Phi) is 1.25. The van der Waals surface area contributed by atoms with Crippen LogP contribution >= 0.6 is 0 Å². The van der Waals surface area contributed by atoms with Gasteiger partial charge in [-0.05, 0) is 7.05 Å². The number of likely N-dealkylation sites (tertiary alicyclic amines) is 1. The molecule has 0 aromatic rings. The van der Waals surface area contributed by atoms with E-state index in [1.165, 1.54) is 0 Å². The zero-order valence-electron chi connectivity index (χ0n) is 6.83. The lowest BCUT2D eigenvalue weighted by Gasteiger charge is -2.42. The summed E-state index contributed by atoms with van der Waals surface area (Å²) in [4.78, 5) is 15.1. The molecule has 0 aromatic carbocycles. The smallest absolute Gasteiger partial charge is 0.259 e. The van der Waals surface area contributed by atoms with Crippen molar-refractivity contribution in [1.29, 1.82) is 0 Å². The summed E-state index contributed by atoms with van der Waals surface area (Å²) < 4.78 is 5.41. The molecule has 0 saturated carbocycles. The Balaban J connectivity index is 2.12. The number of hydrogen-bond acceptors (Lipinski definition) is 3. The highest BCUT2D eigenvalue weighted by Gasteiger charge is 2.54. The highest BCUT2D eigenvalue weighted by atomic mass is 16.5. The van der Waals surface area contributed by atoms with Crippen LogP contribution in [-0.4, -0.2) is 55.2 Å². The Morgan fingerprint density at radius 2 is 2.09 bits per heavy atom. The molecule has 2 heterocycles. The van der Waals surface area contributed by atoms with Gasteiger partial charge in [0.15, 0.2) is 5.60 Å². The third-order valence-corrected chi connectivity index (χ3v) is 2.32. The summed E-state index contributed by atoms with van der Waals surface area (Å²) in [5, 5.41) is 0. The minimum atomic E-state index is -0.469. The second kappa shape index (κ2) is 1.95. The van der Waals surface area contributed by atoms with Gasteiger partial charge < -0.3 is 9.64 Å². The van der Waals surface area contributed by atoms with Gasteiger partial charge in [-0.1, -0.05) is 0 Å². The Hall–Kier alpha value is -0.610. The SMILES string of the molecule is CN1CC2(C1)OCN(C)C2=O. The molecular formula is C7H12N2O2. The van der Waals surface area contributed by atoms with Gasteiger partial charge in [-0.3, -0.25) is 9.69 Å². The van der Waals surface area contributed by atoms with E-state index in [0.717, 1.165) is 13.1 Å². The molecule has 0 bridgehead atoms. The molecule has 0 radical (unpaired) electrons. The number of hydrogen-bond donors (Lipinski definition) is 0. The summed E-state index contributed by atoms with van der Waals surface area (Å²) >= 11 is 0. The van der Waals surface area contributed by atoms with Crippen molar-refractivity contribution in [2.75, 3.05) is 33.9 Å². The van der Waals surface area contributed by atoms with E-state index in [4.69, 9.17) is 4.74 Å². The van der Waals surface area contributed by atoms with E-state index in [1.807, 2.05) is 7.05 Å². The fourth-order valence-corrected chi connectivity index (χ4v) is 1.74. The van der Waals surface area contributed by atoms with Crippen LogP contribution < -0.4 is 0 Å². The lowest BCUT2D eigenvalue weighted by Crippen LogP contribution is -2.64. The van der Waals surface area contributed by atoms with E-state index in [-0.39, 0.29) is 5.91 Å². The first-order valence-electron chi connectivity index (χ1n) is 3.72. The molecule has 4 heteroatoms. The van der Waals surface area contributed by atoms with Gasteiger partial charge in [0.25, 0.3) is 5.91 Å². The van der Waals surface area contributed by atoms with Crippen LogP contribution in [0.2, 0.25) is 0 Å². The number of ether oxygens (including phenoxy) is 1. The van der Waals surface area contributed by atoms with E-state index < -0.39 is 5.60 Å². The van der Waals surface area contributed by atoms with Gasteiger partial charge in [0.1, 0.15) is 6.73 Å². The molecule has 1 spiro atoms. The Labute approximate surface area is 65.7 Å². The molecule has 2 fully saturated rings. The van der Waals surface area contributed by atoms with Crippen molar-refractivity contribution in [2.24, 2.45) is 0 Å². The predicted octanol–water partition coefficient (Wildman–Crippen LogP) is -0.883. The first-order valence-corrected chi connectivity index (χ1v) is 3.72. The summed E-state index contributed by atoms with van der Waals surface area (Å²) in [5.74, 6) is 0.135. The van der Waals surface area contributed by atoms with Crippen molar-refractivity contribution in [1.82, 2.24) is 9.80 Å². The van der Waals surface area contributed by atoms with E-state index in [1.54, 1.807) is 11.9 Å². The van der Waals surface area contributed by atoms with Crippen LogP contribution in [0.25, 0.3) is 0 Å². The maximum Gasteiger partial charge on any atom is 0.259 e. The van der Waals surface area contributed by atoms with Crippen molar-refractivity contribution in [3.05, 3.63) is 0 Å². The van der Waals surface area contributed by atoms with E-state index >= 15 is 0 Å². The van der Waals surface area contributed by atoms with Crippen LogP contribution in [0.4, 0.5) is 0 Å². The summed E-state index contributed by atoms with van der Waals surface area (Å²) in [7, 11) is 3.76. The van der Waals surface area contributed by atoms with Crippen LogP contribution in [0.1, 0.15) is 0 Å². The quantitative estimate of drug-likeness (QED) is 0.456. The maximum absolute atomic E-state index is 11.4. The zero-order chi connectivity index (χ0) is 8.06. The fraction of sp³-hybridized carbons (Fsp3) is 0.857. The molecule has 0 atom stereocenters. The van der Waals surface area contributed by atoms with Crippen LogP contribution in [-0.2, 0) is 9.53 Å². The van der Waals surface area contributed by atoms with Gasteiger partial charge in [-0.25, -0.2) is 0 Å². The first kappa shape index (κ1) is 7.06. The molecule has 2 aliphatic rings. The Morgan fingerprint density at radius 1 is 1.45 bits per heavy atom. The van der Waals surface area contributed by atoms with Crippen molar-refractivity contribution in [3.63, 3.8) is 0 Å². The number of amides is 1. The molecule has 2 rings (SSSR count). The number of carbonyl (C=O) groups is 1. The monoisotopic (exact) mass is 156 g/mol. The van der Waals surface area contributed by atoms with Gasteiger partial charge in [0, 0.05) is 20.1 Å². The van der Waals surface area contributed by atoms with Gasteiger partial charge in [0.05, 0.1) is 0 Å². The molecule has 0 unspecified atom stereocenters.